The number of benzene rings is 2. The van der Waals surface area contributed by atoms with Crippen LogP contribution in [0.25, 0.3) is 0 Å². The van der Waals surface area contributed by atoms with Gasteiger partial charge in [-0.1, -0.05) is 75.6 Å². The van der Waals surface area contributed by atoms with E-state index < -0.39 is 84.6 Å². The summed E-state index contributed by atoms with van der Waals surface area (Å²) < 4.78 is 43.9. The van der Waals surface area contributed by atoms with Gasteiger partial charge in [0.05, 0.1) is 13.2 Å². The molecule has 0 spiro atoms. The Bertz CT molecular complexity index is 1530. The van der Waals surface area contributed by atoms with Crippen molar-refractivity contribution in [2.75, 3.05) is 26.4 Å². The van der Waals surface area contributed by atoms with Crippen LogP contribution in [0.1, 0.15) is 102 Å². The van der Waals surface area contributed by atoms with Crippen molar-refractivity contribution in [1.29, 1.82) is 0 Å². The minimum atomic E-state index is -1.60. The number of aliphatic hydroxyl groups excluding tert-OH is 4. The van der Waals surface area contributed by atoms with Gasteiger partial charge in [-0.15, -0.1) is 0 Å². The Kier molecular flexibility index (Phi) is 16.2. The first kappa shape index (κ1) is 46.1. The molecule has 60 heavy (non-hydrogen) atoms. The lowest BCUT2D eigenvalue weighted by molar-refractivity contribution is -0.187. The van der Waals surface area contributed by atoms with Gasteiger partial charge in [0.25, 0.3) is 0 Å². The number of carbonyl (C=O) groups is 2. The maximum absolute atomic E-state index is 11.6. The number of rotatable bonds is 25. The molecule has 4 aliphatic heterocycles. The third-order valence-corrected chi connectivity index (χ3v) is 12.0. The van der Waals surface area contributed by atoms with E-state index in [4.69, 9.17) is 37.9 Å². The van der Waals surface area contributed by atoms with E-state index in [-0.39, 0.29) is 0 Å². The van der Waals surface area contributed by atoms with E-state index in [1.54, 1.807) is 62.4 Å². The fourth-order valence-corrected chi connectivity index (χ4v) is 7.97. The van der Waals surface area contributed by atoms with Crippen molar-refractivity contribution in [2.45, 2.75) is 164 Å². The number of aliphatic hydroxyl groups is 6. The molecule has 2 aromatic rings. The predicted octanol–water partition coefficient (Wildman–Crippen LogP) is 3.02. The average molecular weight is 847 g/mol. The summed E-state index contributed by atoms with van der Waals surface area (Å²) in [6.45, 7) is 5.08. The zero-order valence-electron chi connectivity index (χ0n) is 34.5. The lowest BCUT2D eigenvalue weighted by Crippen LogP contribution is -2.45. The van der Waals surface area contributed by atoms with E-state index in [1.807, 2.05) is 0 Å². The fraction of sp³-hybridized carbons (Fsp3) is 0.682. The summed E-state index contributed by atoms with van der Waals surface area (Å²) in [6.07, 6.45) is 0.929. The van der Waals surface area contributed by atoms with Crippen LogP contribution in [-0.2, 0) is 49.2 Å². The predicted molar refractivity (Wildman–Crippen MR) is 211 cm³/mol. The van der Waals surface area contributed by atoms with Crippen LogP contribution in [0.5, 0.6) is 11.5 Å². The van der Waals surface area contributed by atoms with Crippen molar-refractivity contribution in [3.05, 3.63) is 59.7 Å². The van der Waals surface area contributed by atoms with E-state index in [2.05, 4.69) is 0 Å². The van der Waals surface area contributed by atoms with E-state index >= 15 is 0 Å². The molecule has 16 nitrogen and oxygen atoms in total. The summed E-state index contributed by atoms with van der Waals surface area (Å²) >= 11 is 0. The second kappa shape index (κ2) is 21.1. The Morgan fingerprint density at radius 2 is 0.800 bits per heavy atom. The highest BCUT2D eigenvalue weighted by Crippen LogP contribution is 2.41. The van der Waals surface area contributed by atoms with Crippen LogP contribution in [0.4, 0.5) is 0 Å². The molecular formula is C44H62O16. The third-order valence-electron chi connectivity index (χ3n) is 12.0. The highest BCUT2D eigenvalue weighted by molar-refractivity contribution is 5.78. The van der Waals surface area contributed by atoms with Gasteiger partial charge in [0.1, 0.15) is 47.1 Å². The molecule has 6 rings (SSSR count). The number of carbonyl (C=O) groups excluding carboxylic acids is 2. The van der Waals surface area contributed by atoms with Crippen LogP contribution in [-0.4, -0.2) is 130 Å². The van der Waals surface area contributed by atoms with Gasteiger partial charge in [-0.3, -0.25) is 0 Å². The molecule has 2 unspecified atom stereocenters. The van der Waals surface area contributed by atoms with Crippen LogP contribution in [0.2, 0.25) is 0 Å². The Balaban J connectivity index is 0.782. The van der Waals surface area contributed by atoms with Crippen molar-refractivity contribution in [3.8, 4) is 11.5 Å². The first-order chi connectivity index (χ1) is 28.8. The van der Waals surface area contributed by atoms with E-state index in [1.165, 1.54) is 0 Å². The Hall–Kier alpha value is -3.42. The maximum atomic E-state index is 11.6. The van der Waals surface area contributed by atoms with Crippen molar-refractivity contribution in [2.24, 2.45) is 0 Å². The minimum absolute atomic E-state index is 0.392. The smallest absolute Gasteiger partial charge is 0.338 e. The van der Waals surface area contributed by atoms with Crippen LogP contribution < -0.4 is 9.47 Å². The summed E-state index contributed by atoms with van der Waals surface area (Å²) in [5.74, 6) is -0.213. The average Bonchev–Trinajstić information content (AvgIpc) is 3.91. The van der Waals surface area contributed by atoms with E-state index in [0.717, 1.165) is 77.0 Å². The second-order valence-electron chi connectivity index (χ2n) is 16.5. The molecule has 12 atom stereocenters. The molecule has 334 valence electrons. The lowest BCUT2D eigenvalue weighted by Gasteiger charge is -2.39. The first-order valence-electron chi connectivity index (χ1n) is 21.4. The SMILES string of the molecule is CC(O)(c1ccc(OCCCCCCCCO[C@@H]2O[C@H]3[C@H](OC(=O)[C@H]3O)[C@H]2O)cc1)C(C)(O)c1ccc(OCCCCCCCCO[C@@H]2O[C@H]3[C@H](OC(=O)[C@H]3O)[C@H]2O)cc1. The van der Waals surface area contributed by atoms with Gasteiger partial charge in [-0.05, 0) is 74.9 Å². The number of esters is 2. The summed E-state index contributed by atoms with van der Waals surface area (Å²) in [5.41, 5.74) is -2.10. The molecule has 16 heteroatoms. The number of hydrogen-bond donors (Lipinski definition) is 6. The summed E-state index contributed by atoms with van der Waals surface area (Å²) in [4.78, 5) is 22.8. The molecule has 4 fully saturated rings. The third kappa shape index (κ3) is 11.0. The molecule has 0 radical (unpaired) electrons. The Labute approximate surface area is 350 Å². The monoisotopic (exact) mass is 846 g/mol. The summed E-state index contributed by atoms with van der Waals surface area (Å²) in [6, 6.07) is 14.3. The molecule has 6 N–H and O–H groups in total. The molecule has 2 aromatic carbocycles. The molecule has 0 amide bonds. The molecule has 4 heterocycles. The number of fused-ring (bicyclic) bond motifs is 2. The zero-order chi connectivity index (χ0) is 42.9. The van der Waals surface area contributed by atoms with Gasteiger partial charge in [0.15, 0.2) is 37.0 Å². The van der Waals surface area contributed by atoms with Gasteiger partial charge >= 0.3 is 11.9 Å². The molecule has 0 saturated carbocycles. The van der Waals surface area contributed by atoms with E-state index in [9.17, 15) is 40.2 Å². The lowest BCUT2D eigenvalue weighted by atomic mass is 9.76. The van der Waals surface area contributed by atoms with Crippen LogP contribution in [0.15, 0.2) is 48.5 Å². The van der Waals surface area contributed by atoms with Gasteiger partial charge in [0.2, 0.25) is 0 Å². The zero-order valence-corrected chi connectivity index (χ0v) is 34.5. The van der Waals surface area contributed by atoms with Gasteiger partial charge < -0.3 is 68.5 Å². The number of ether oxygens (including phenoxy) is 8. The molecule has 0 aromatic heterocycles. The van der Waals surface area contributed by atoms with Gasteiger partial charge in [0, 0.05) is 13.2 Å². The van der Waals surface area contributed by atoms with Crippen molar-refractivity contribution < 1.29 is 78.1 Å². The summed E-state index contributed by atoms with van der Waals surface area (Å²) in [5, 5.41) is 63.2. The first-order valence-corrected chi connectivity index (χ1v) is 21.4. The number of unbranched alkanes of at least 4 members (excludes halogenated alkanes) is 10. The molecule has 0 aliphatic carbocycles. The molecule has 4 aliphatic rings. The van der Waals surface area contributed by atoms with Crippen LogP contribution >= 0.6 is 0 Å². The van der Waals surface area contributed by atoms with Crippen molar-refractivity contribution >= 4 is 11.9 Å². The standard InChI is InChI=1S/C44H62O16/c1-43(51,27-15-19-29(20-16-27)53-23-11-7-3-5-9-13-25-55-41-33(47)37-35(59-41)31(45)39(49)57-37)44(2,52)28-17-21-30(22-18-28)54-24-12-8-4-6-10-14-26-56-42-34(48)38-36(60-42)32(46)40(50)58-38/h15-22,31-38,41-42,45-48,51-52H,3-14,23-26H2,1-2H3/t31-,32-,33+,34+,35+,36+,37+,38+,41+,42+,43?,44?/m0/s1. The topological polar surface area (TPSA) is 229 Å². The highest BCUT2D eigenvalue weighted by Gasteiger charge is 2.58. The van der Waals surface area contributed by atoms with Crippen molar-refractivity contribution in [1.82, 2.24) is 0 Å². The van der Waals surface area contributed by atoms with Crippen LogP contribution in [0, 0.1) is 0 Å². The molecule has 4 saturated heterocycles. The normalized spacial score (nSPS) is 30.3. The maximum Gasteiger partial charge on any atom is 0.338 e. The van der Waals surface area contributed by atoms with E-state index in [0.29, 0.717) is 49.1 Å². The molecule has 0 bridgehead atoms. The van der Waals surface area contributed by atoms with Crippen LogP contribution in [0.3, 0.4) is 0 Å². The number of hydrogen-bond acceptors (Lipinski definition) is 16. The quantitative estimate of drug-likeness (QED) is 0.0623. The summed E-state index contributed by atoms with van der Waals surface area (Å²) in [7, 11) is 0. The Morgan fingerprint density at radius 1 is 0.483 bits per heavy atom. The van der Waals surface area contributed by atoms with Gasteiger partial charge in [-0.2, -0.15) is 0 Å². The van der Waals surface area contributed by atoms with Gasteiger partial charge in [-0.25, -0.2) is 9.59 Å². The fourth-order valence-electron chi connectivity index (χ4n) is 7.97. The van der Waals surface area contributed by atoms with Crippen molar-refractivity contribution in [3.63, 3.8) is 0 Å². The Morgan fingerprint density at radius 3 is 1.13 bits per heavy atom. The minimum Gasteiger partial charge on any atom is -0.494 e. The molecular weight excluding hydrogens is 784 g/mol. The highest BCUT2D eigenvalue weighted by atomic mass is 16.7. The second-order valence-corrected chi connectivity index (χ2v) is 16.5. The largest absolute Gasteiger partial charge is 0.494 e.